The van der Waals surface area contributed by atoms with Crippen LogP contribution in [0.15, 0.2) is 59.6 Å². The van der Waals surface area contributed by atoms with Gasteiger partial charge in [-0.25, -0.2) is 23.7 Å². The Kier molecular flexibility index (Phi) is 5.19. The average Bonchev–Trinajstić information content (AvgIpc) is 3.47. The number of rotatable bonds is 4. The molecule has 14 heteroatoms. The second kappa shape index (κ2) is 8.23. The molecule has 0 saturated carbocycles. The maximum Gasteiger partial charge on any atom is 0.450 e. The molecule has 0 unspecified atom stereocenters. The van der Waals surface area contributed by atoms with Crippen LogP contribution >= 0.6 is 0 Å². The predicted molar refractivity (Wildman–Crippen MR) is 109 cm³/mol. The van der Waals surface area contributed by atoms with Gasteiger partial charge in [-0.15, -0.1) is 10.2 Å². The van der Waals surface area contributed by atoms with Crippen molar-refractivity contribution in [1.82, 2.24) is 29.7 Å². The van der Waals surface area contributed by atoms with Gasteiger partial charge in [0.05, 0.1) is 23.4 Å². The monoisotopic (exact) mass is 487 g/mol. The summed E-state index contributed by atoms with van der Waals surface area (Å²) in [7, 11) is 0. The second-order valence-corrected chi connectivity index (χ2v) is 7.03. The molecule has 0 fully saturated rings. The Morgan fingerprint density at radius 3 is 2.43 bits per heavy atom. The van der Waals surface area contributed by atoms with Crippen LogP contribution in [0.1, 0.15) is 16.2 Å². The summed E-state index contributed by atoms with van der Waals surface area (Å²) in [5, 5.41) is 9.41. The Balaban J connectivity index is 1.51. The molecule has 0 saturated heterocycles. The Bertz CT molecular complexity index is 1530. The van der Waals surface area contributed by atoms with E-state index in [-0.39, 0.29) is 28.6 Å². The molecule has 0 aliphatic rings. The fraction of sp³-hybridized carbons (Fsp3) is 0.0476. The van der Waals surface area contributed by atoms with Crippen LogP contribution in [0, 0.1) is 11.6 Å². The van der Waals surface area contributed by atoms with Gasteiger partial charge in [-0.3, -0.25) is 9.36 Å². The number of halogens is 5. The summed E-state index contributed by atoms with van der Waals surface area (Å²) in [6, 6.07) is 7.09. The molecule has 0 spiro atoms. The number of benzene rings is 2. The highest BCUT2D eigenvalue weighted by Gasteiger charge is 2.38. The van der Waals surface area contributed by atoms with Crippen molar-refractivity contribution in [3.05, 3.63) is 78.2 Å². The third-order valence-electron chi connectivity index (χ3n) is 4.81. The quantitative estimate of drug-likeness (QED) is 0.374. The summed E-state index contributed by atoms with van der Waals surface area (Å²) < 4.78 is 74.7. The van der Waals surface area contributed by atoms with E-state index in [0.717, 1.165) is 41.6 Å². The van der Waals surface area contributed by atoms with Crippen molar-refractivity contribution in [3.63, 3.8) is 0 Å². The van der Waals surface area contributed by atoms with Crippen LogP contribution in [-0.2, 0) is 6.18 Å². The highest BCUT2D eigenvalue weighted by atomic mass is 19.4. The molecular weight excluding hydrogens is 477 g/mol. The molecule has 0 aliphatic carbocycles. The van der Waals surface area contributed by atoms with Gasteiger partial charge in [0.2, 0.25) is 18.1 Å². The van der Waals surface area contributed by atoms with Gasteiger partial charge >= 0.3 is 6.18 Å². The largest absolute Gasteiger partial charge is 0.450 e. The fourth-order valence-electron chi connectivity index (χ4n) is 3.33. The minimum absolute atomic E-state index is 0.0257. The van der Waals surface area contributed by atoms with Gasteiger partial charge in [0, 0.05) is 5.56 Å². The highest BCUT2D eigenvalue weighted by Crippen LogP contribution is 2.34. The fourth-order valence-corrected chi connectivity index (χ4v) is 3.33. The molecule has 0 bridgehead atoms. The molecule has 3 heterocycles. The van der Waals surface area contributed by atoms with Crippen molar-refractivity contribution < 1.29 is 31.2 Å². The number of carbonyl (C=O) groups excluding carboxylic acids is 1. The third kappa shape index (κ3) is 4.05. The number of carbonyl (C=O) groups is 1. The first-order valence-electron chi connectivity index (χ1n) is 9.66. The van der Waals surface area contributed by atoms with E-state index in [1.54, 1.807) is 0 Å². The number of hydrogen-bond donors (Lipinski definition) is 1. The zero-order valence-electron chi connectivity index (χ0n) is 17.1. The Hall–Kier alpha value is -4.75. The van der Waals surface area contributed by atoms with Crippen LogP contribution in [0.3, 0.4) is 0 Å². The van der Waals surface area contributed by atoms with E-state index in [4.69, 9.17) is 4.42 Å². The predicted octanol–water partition coefficient (Wildman–Crippen LogP) is 4.41. The number of hydrogen-bond acceptors (Lipinski definition) is 7. The zero-order valence-corrected chi connectivity index (χ0v) is 17.1. The maximum atomic E-state index is 13.8. The molecule has 5 rings (SSSR count). The van der Waals surface area contributed by atoms with Crippen LogP contribution in [0.5, 0.6) is 0 Å². The number of anilines is 1. The van der Waals surface area contributed by atoms with Crippen molar-refractivity contribution in [2.75, 3.05) is 5.32 Å². The minimum atomic E-state index is -4.85. The van der Waals surface area contributed by atoms with Crippen molar-refractivity contribution in [1.29, 1.82) is 0 Å². The number of nitrogens with zero attached hydrogens (tertiary/aromatic N) is 6. The maximum absolute atomic E-state index is 13.8. The minimum Gasteiger partial charge on any atom is -0.423 e. The lowest BCUT2D eigenvalue weighted by atomic mass is 10.2. The summed E-state index contributed by atoms with van der Waals surface area (Å²) in [6.45, 7) is 0. The zero-order chi connectivity index (χ0) is 24.7. The van der Waals surface area contributed by atoms with Crippen molar-refractivity contribution >= 4 is 22.8 Å². The van der Waals surface area contributed by atoms with Crippen molar-refractivity contribution in [2.24, 2.45) is 0 Å². The van der Waals surface area contributed by atoms with E-state index in [1.807, 2.05) is 0 Å². The molecule has 2 aromatic carbocycles. The van der Waals surface area contributed by atoms with Crippen molar-refractivity contribution in [3.8, 4) is 17.3 Å². The first-order chi connectivity index (χ1) is 16.7. The van der Waals surface area contributed by atoms with Gasteiger partial charge < -0.3 is 9.73 Å². The number of aromatic nitrogens is 6. The van der Waals surface area contributed by atoms with E-state index in [0.29, 0.717) is 5.56 Å². The second-order valence-electron chi connectivity index (χ2n) is 7.03. The van der Waals surface area contributed by atoms with Gasteiger partial charge in [-0.1, -0.05) is 6.07 Å². The van der Waals surface area contributed by atoms with Gasteiger partial charge in [0.15, 0.2) is 11.6 Å². The number of amides is 1. The van der Waals surface area contributed by atoms with E-state index in [9.17, 15) is 26.7 Å². The van der Waals surface area contributed by atoms with E-state index < -0.39 is 35.1 Å². The Labute approximate surface area is 191 Å². The van der Waals surface area contributed by atoms with E-state index in [2.05, 4.69) is 30.5 Å². The molecule has 35 heavy (non-hydrogen) atoms. The highest BCUT2D eigenvalue weighted by molar-refractivity contribution is 6.04. The van der Waals surface area contributed by atoms with Gasteiger partial charge in [-0.05, 0) is 30.3 Å². The van der Waals surface area contributed by atoms with Crippen molar-refractivity contribution in [2.45, 2.75) is 6.18 Å². The summed E-state index contributed by atoms with van der Waals surface area (Å²) in [5.74, 6) is -4.99. The van der Waals surface area contributed by atoms with E-state index >= 15 is 0 Å². The molecule has 176 valence electrons. The van der Waals surface area contributed by atoms with E-state index in [1.165, 1.54) is 18.2 Å². The lowest BCUT2D eigenvalue weighted by molar-refractivity contribution is -0.145. The lowest BCUT2D eigenvalue weighted by Gasteiger charge is -2.11. The van der Waals surface area contributed by atoms with Gasteiger partial charge in [-0.2, -0.15) is 13.2 Å². The van der Waals surface area contributed by atoms with Crippen LogP contribution in [0.4, 0.5) is 27.8 Å². The summed E-state index contributed by atoms with van der Waals surface area (Å²) in [6.07, 6.45) is -1.86. The topological polar surface area (TPSA) is 112 Å². The number of fused-ring (bicyclic) bond motifs is 1. The number of nitrogens with one attached hydrogen (secondary N) is 1. The third-order valence-corrected chi connectivity index (χ3v) is 4.81. The molecule has 0 aliphatic heterocycles. The Morgan fingerprint density at radius 2 is 1.80 bits per heavy atom. The van der Waals surface area contributed by atoms with Gasteiger partial charge in [0.1, 0.15) is 17.2 Å². The number of alkyl halides is 3. The molecule has 1 amide bonds. The molecular formula is C21H10F5N7O2. The van der Waals surface area contributed by atoms with Crippen LogP contribution in [0.25, 0.3) is 28.3 Å². The molecule has 1 N–H and O–H groups in total. The standard InChI is InChI=1S/C21H10F5N7O2/c22-11-2-1-3-12(23)17(11)18(34)31-15-7-28-16(8-27-15)33-14-5-4-10(19-32-29-9-35-19)6-13(14)30-20(33)21(24,25)26/h1-9H,(H,27,31,34). The van der Waals surface area contributed by atoms with Gasteiger partial charge in [0.25, 0.3) is 5.91 Å². The average molecular weight is 487 g/mol. The molecule has 5 aromatic rings. The Morgan fingerprint density at radius 1 is 1.03 bits per heavy atom. The first kappa shape index (κ1) is 22.1. The van der Waals surface area contributed by atoms with Crippen LogP contribution in [0.2, 0.25) is 0 Å². The summed E-state index contributed by atoms with van der Waals surface area (Å²) >= 11 is 0. The summed E-state index contributed by atoms with van der Waals surface area (Å²) in [4.78, 5) is 23.7. The molecule has 0 radical (unpaired) electrons. The SMILES string of the molecule is O=C(Nc1cnc(-n2c(C(F)(F)F)nc3cc(-c4nnco4)ccc32)cn1)c1c(F)cccc1F. The smallest absolute Gasteiger partial charge is 0.423 e. The summed E-state index contributed by atoms with van der Waals surface area (Å²) in [5.41, 5.74) is -0.448. The lowest BCUT2D eigenvalue weighted by Crippen LogP contribution is -2.18. The molecule has 0 atom stereocenters. The first-order valence-corrected chi connectivity index (χ1v) is 9.66. The molecule has 9 nitrogen and oxygen atoms in total. The number of imidazole rings is 1. The molecule has 3 aromatic heterocycles. The van der Waals surface area contributed by atoms with Crippen LogP contribution in [-0.4, -0.2) is 35.6 Å². The normalized spacial score (nSPS) is 11.7. The van der Waals surface area contributed by atoms with Crippen LogP contribution < -0.4 is 5.32 Å².